The topological polar surface area (TPSA) is 58.6 Å². The summed E-state index contributed by atoms with van der Waals surface area (Å²) in [4.78, 5) is 25.3. The highest BCUT2D eigenvalue weighted by Crippen LogP contribution is 2.29. The Balaban J connectivity index is 0.00000162. The van der Waals surface area contributed by atoms with Gasteiger partial charge in [0, 0.05) is 20.4 Å². The predicted octanol–water partition coefficient (Wildman–Crippen LogP) is 1.52. The minimum absolute atomic E-state index is 0. The van der Waals surface area contributed by atoms with Crippen LogP contribution in [-0.4, -0.2) is 41.1 Å². The van der Waals surface area contributed by atoms with Crippen molar-refractivity contribution in [2.75, 3.05) is 6.54 Å². The summed E-state index contributed by atoms with van der Waals surface area (Å²) < 4.78 is 5.40. The molecule has 2 fully saturated rings. The normalized spacial score (nSPS) is 28.6. The van der Waals surface area contributed by atoms with Crippen LogP contribution in [-0.2, 0) is 9.53 Å². The number of nitrogens with one attached hydrogen (secondary N) is 1. The maximum absolute atomic E-state index is 12.1. The zero-order valence-corrected chi connectivity index (χ0v) is 10.7. The molecule has 0 saturated carbocycles. The van der Waals surface area contributed by atoms with E-state index in [0.717, 1.165) is 12.8 Å². The van der Waals surface area contributed by atoms with Gasteiger partial charge in [-0.1, -0.05) is 0 Å². The number of fused-ring (bicyclic) bond motifs is 2. The number of ether oxygens (including phenoxy) is 1. The summed E-state index contributed by atoms with van der Waals surface area (Å²) >= 11 is 0. The van der Waals surface area contributed by atoms with E-state index in [1.807, 2.05) is 20.8 Å². The third kappa shape index (κ3) is 2.70. The second kappa shape index (κ2) is 4.20. The molecule has 2 rings (SSSR count). The SMILES string of the molecule is CC(C)(C)OC(=O)N1C2CCC1CC(=O)NC2.[HH]. The number of nitrogens with zero attached hydrogens (tertiary/aromatic N) is 1. The lowest BCUT2D eigenvalue weighted by molar-refractivity contribution is -0.121. The average Bonchev–Trinajstić information content (AvgIpc) is 2.45. The van der Waals surface area contributed by atoms with Crippen LogP contribution in [0.3, 0.4) is 0 Å². The molecule has 2 atom stereocenters. The van der Waals surface area contributed by atoms with Gasteiger partial charge in [-0.2, -0.15) is 0 Å². The van der Waals surface area contributed by atoms with Gasteiger partial charge in [-0.3, -0.25) is 9.69 Å². The number of carbonyl (C=O) groups is 2. The standard InChI is InChI=1S/C12H20N2O3.H2/c1-12(2,3)17-11(16)14-8-4-5-9(14)7-13-10(15)6-8;/h8-9H,4-7H2,1-3H3,(H,13,15);1H. The second-order valence-electron chi connectivity index (χ2n) is 5.78. The monoisotopic (exact) mass is 242 g/mol. The summed E-state index contributed by atoms with van der Waals surface area (Å²) in [5, 5.41) is 2.84. The van der Waals surface area contributed by atoms with Crippen LogP contribution in [0.15, 0.2) is 0 Å². The maximum Gasteiger partial charge on any atom is 0.410 e. The summed E-state index contributed by atoms with van der Waals surface area (Å²) in [6, 6.07) is 0.110. The largest absolute Gasteiger partial charge is 0.444 e. The van der Waals surface area contributed by atoms with Crippen molar-refractivity contribution in [3.05, 3.63) is 0 Å². The van der Waals surface area contributed by atoms with Gasteiger partial charge in [-0.15, -0.1) is 0 Å². The van der Waals surface area contributed by atoms with Gasteiger partial charge in [0.05, 0.1) is 6.04 Å². The van der Waals surface area contributed by atoms with E-state index in [9.17, 15) is 9.59 Å². The molecule has 2 aliphatic heterocycles. The van der Waals surface area contributed by atoms with Crippen molar-refractivity contribution >= 4 is 12.0 Å². The van der Waals surface area contributed by atoms with E-state index in [1.54, 1.807) is 4.90 Å². The third-order valence-corrected chi connectivity index (χ3v) is 3.18. The number of amides is 2. The van der Waals surface area contributed by atoms with Crippen molar-refractivity contribution in [1.29, 1.82) is 0 Å². The molecule has 98 valence electrons. The molecule has 2 aliphatic rings. The number of hydrogen-bond acceptors (Lipinski definition) is 3. The zero-order valence-electron chi connectivity index (χ0n) is 10.7. The first-order valence-electron chi connectivity index (χ1n) is 6.15. The van der Waals surface area contributed by atoms with Crippen LogP contribution in [0.4, 0.5) is 4.79 Å². The molecule has 1 N–H and O–H groups in total. The van der Waals surface area contributed by atoms with Crippen molar-refractivity contribution < 1.29 is 15.8 Å². The van der Waals surface area contributed by atoms with Gasteiger partial charge in [0.25, 0.3) is 0 Å². The lowest BCUT2D eigenvalue weighted by Crippen LogP contribution is -2.45. The third-order valence-electron chi connectivity index (χ3n) is 3.18. The van der Waals surface area contributed by atoms with Crippen LogP contribution in [0, 0.1) is 0 Å². The van der Waals surface area contributed by atoms with Crippen molar-refractivity contribution in [2.45, 2.75) is 57.7 Å². The van der Waals surface area contributed by atoms with Gasteiger partial charge in [0.2, 0.25) is 5.91 Å². The van der Waals surface area contributed by atoms with E-state index in [0.29, 0.717) is 13.0 Å². The molecule has 0 aromatic rings. The minimum atomic E-state index is -0.486. The Hall–Kier alpha value is -1.26. The van der Waals surface area contributed by atoms with Crippen molar-refractivity contribution in [1.82, 2.24) is 10.2 Å². The highest BCUT2D eigenvalue weighted by molar-refractivity contribution is 5.79. The molecule has 0 radical (unpaired) electrons. The van der Waals surface area contributed by atoms with E-state index in [-0.39, 0.29) is 25.5 Å². The van der Waals surface area contributed by atoms with Crippen LogP contribution in [0.2, 0.25) is 0 Å². The Morgan fingerprint density at radius 3 is 2.71 bits per heavy atom. The van der Waals surface area contributed by atoms with E-state index in [4.69, 9.17) is 4.74 Å². The molecule has 0 aromatic heterocycles. The maximum atomic E-state index is 12.1. The molecule has 2 saturated heterocycles. The van der Waals surface area contributed by atoms with Crippen LogP contribution >= 0.6 is 0 Å². The molecule has 2 unspecified atom stereocenters. The van der Waals surface area contributed by atoms with Gasteiger partial charge < -0.3 is 10.1 Å². The van der Waals surface area contributed by atoms with Gasteiger partial charge in [0.15, 0.2) is 0 Å². The molecular weight excluding hydrogens is 220 g/mol. The summed E-state index contributed by atoms with van der Waals surface area (Å²) in [5.74, 6) is 0.0331. The van der Waals surface area contributed by atoms with Crippen molar-refractivity contribution in [3.8, 4) is 0 Å². The molecule has 17 heavy (non-hydrogen) atoms. The fourth-order valence-electron chi connectivity index (χ4n) is 2.49. The van der Waals surface area contributed by atoms with E-state index in [2.05, 4.69) is 5.32 Å². The molecular formula is C12H22N2O3. The number of hydrogen-bond donors (Lipinski definition) is 1. The van der Waals surface area contributed by atoms with Crippen LogP contribution < -0.4 is 5.32 Å². The van der Waals surface area contributed by atoms with E-state index < -0.39 is 5.60 Å². The first-order chi connectivity index (χ1) is 7.87. The molecule has 5 heteroatoms. The molecule has 5 nitrogen and oxygen atoms in total. The van der Waals surface area contributed by atoms with E-state index in [1.165, 1.54) is 0 Å². The van der Waals surface area contributed by atoms with Gasteiger partial charge in [-0.25, -0.2) is 4.79 Å². The molecule has 0 spiro atoms. The fraction of sp³-hybridized carbons (Fsp3) is 0.833. The lowest BCUT2D eigenvalue weighted by Gasteiger charge is -2.30. The van der Waals surface area contributed by atoms with Gasteiger partial charge >= 0.3 is 6.09 Å². The predicted molar refractivity (Wildman–Crippen MR) is 64.6 cm³/mol. The first-order valence-corrected chi connectivity index (χ1v) is 6.15. The number of carbonyl (C=O) groups excluding carboxylic acids is 2. The molecule has 0 aromatic carbocycles. The fourth-order valence-corrected chi connectivity index (χ4v) is 2.49. The zero-order chi connectivity index (χ0) is 12.6. The molecule has 2 heterocycles. The molecule has 2 bridgehead atoms. The Morgan fingerprint density at radius 1 is 1.41 bits per heavy atom. The summed E-state index contributed by atoms with van der Waals surface area (Å²) in [5.41, 5.74) is -0.486. The Labute approximate surface area is 103 Å². The second-order valence-corrected chi connectivity index (χ2v) is 5.78. The van der Waals surface area contributed by atoms with E-state index >= 15 is 0 Å². The van der Waals surface area contributed by atoms with Crippen LogP contribution in [0.5, 0.6) is 0 Å². The summed E-state index contributed by atoms with van der Waals surface area (Å²) in [7, 11) is 0. The lowest BCUT2D eigenvalue weighted by atomic mass is 10.1. The van der Waals surface area contributed by atoms with Crippen molar-refractivity contribution in [2.24, 2.45) is 0 Å². The summed E-state index contributed by atoms with van der Waals surface area (Å²) in [6.45, 7) is 6.12. The summed E-state index contributed by atoms with van der Waals surface area (Å²) in [6.07, 6.45) is 1.96. The Morgan fingerprint density at radius 2 is 2.06 bits per heavy atom. The van der Waals surface area contributed by atoms with Gasteiger partial charge in [0.1, 0.15) is 5.60 Å². The first kappa shape index (κ1) is 12.2. The average molecular weight is 242 g/mol. The van der Waals surface area contributed by atoms with Crippen LogP contribution in [0.25, 0.3) is 0 Å². The van der Waals surface area contributed by atoms with Crippen molar-refractivity contribution in [3.63, 3.8) is 0 Å². The highest BCUT2D eigenvalue weighted by atomic mass is 16.6. The van der Waals surface area contributed by atoms with Gasteiger partial charge in [-0.05, 0) is 33.6 Å². The Bertz CT molecular complexity index is 341. The smallest absolute Gasteiger partial charge is 0.410 e. The van der Waals surface area contributed by atoms with Crippen LogP contribution in [0.1, 0.15) is 41.5 Å². The quantitative estimate of drug-likeness (QED) is 0.700. The Kier molecular flexibility index (Phi) is 3.02. The minimum Gasteiger partial charge on any atom is -0.444 e. The highest BCUT2D eigenvalue weighted by Gasteiger charge is 2.42. The molecule has 2 amide bonds. The molecule has 0 aliphatic carbocycles. The number of rotatable bonds is 0.